The zero-order chi connectivity index (χ0) is 24.9. The number of fused-ring (bicyclic) bond motifs is 3. The maximum absolute atomic E-state index is 12.6. The van der Waals surface area contributed by atoms with Gasteiger partial charge in [0.2, 0.25) is 5.91 Å². The Labute approximate surface area is 212 Å². The average Bonchev–Trinajstić information content (AvgIpc) is 3.15. The van der Waals surface area contributed by atoms with Gasteiger partial charge in [-0.15, -0.1) is 0 Å². The topological polar surface area (TPSA) is 84.7 Å². The van der Waals surface area contributed by atoms with Gasteiger partial charge in [0.1, 0.15) is 5.75 Å². The second-order valence-electron chi connectivity index (χ2n) is 8.32. The first kappa shape index (κ1) is 24.5. The lowest BCUT2D eigenvalue weighted by Crippen LogP contribution is -2.26. The van der Waals surface area contributed by atoms with Crippen molar-refractivity contribution in [3.63, 3.8) is 0 Å². The van der Waals surface area contributed by atoms with Gasteiger partial charge < -0.3 is 14.6 Å². The molecule has 180 valence electrons. The Morgan fingerprint density at radius 3 is 2.54 bits per heavy atom. The van der Waals surface area contributed by atoms with E-state index in [9.17, 15) is 9.59 Å². The van der Waals surface area contributed by atoms with E-state index in [1.54, 1.807) is 13.0 Å². The van der Waals surface area contributed by atoms with Gasteiger partial charge >= 0.3 is 0 Å². The highest BCUT2D eigenvalue weighted by atomic mass is 79.9. The fourth-order valence-corrected chi connectivity index (χ4v) is 4.61. The van der Waals surface area contributed by atoms with Gasteiger partial charge in [-0.25, -0.2) is 5.43 Å². The maximum Gasteiger partial charge on any atom is 0.277 e. The number of amides is 2. The summed E-state index contributed by atoms with van der Waals surface area (Å²) >= 11 is 3.41. The molecule has 0 fully saturated rings. The lowest BCUT2D eigenvalue weighted by molar-refractivity contribution is -0.123. The van der Waals surface area contributed by atoms with Crippen LogP contribution >= 0.6 is 15.9 Å². The van der Waals surface area contributed by atoms with Crippen molar-refractivity contribution in [3.8, 4) is 5.75 Å². The number of rotatable bonds is 8. The largest absolute Gasteiger partial charge is 0.483 e. The van der Waals surface area contributed by atoms with E-state index >= 15 is 0 Å². The summed E-state index contributed by atoms with van der Waals surface area (Å²) in [6.07, 6.45) is 0.0550. The molecule has 1 heterocycles. The zero-order valence-electron chi connectivity index (χ0n) is 19.9. The van der Waals surface area contributed by atoms with Crippen molar-refractivity contribution in [2.45, 2.75) is 33.7 Å². The van der Waals surface area contributed by atoms with Crippen LogP contribution in [0.1, 0.15) is 25.8 Å². The molecule has 0 spiro atoms. The summed E-state index contributed by atoms with van der Waals surface area (Å²) in [5, 5.41) is 9.20. The molecule has 1 aromatic heterocycles. The minimum atomic E-state index is -0.407. The summed E-state index contributed by atoms with van der Waals surface area (Å²) in [5.74, 6) is -0.0428. The number of para-hydroxylation sites is 1. The zero-order valence-corrected chi connectivity index (χ0v) is 21.5. The van der Waals surface area contributed by atoms with Crippen LogP contribution in [-0.2, 0) is 16.1 Å². The molecule has 0 aliphatic rings. The molecular weight excluding hydrogens is 508 g/mol. The van der Waals surface area contributed by atoms with Crippen molar-refractivity contribution in [1.82, 2.24) is 9.99 Å². The quantitative estimate of drug-likeness (QED) is 0.222. The highest BCUT2D eigenvalue weighted by molar-refractivity contribution is 9.10. The Hall–Kier alpha value is -3.65. The first-order chi connectivity index (χ1) is 16.9. The Balaban J connectivity index is 1.34. The third-order valence-corrected chi connectivity index (χ3v) is 6.23. The van der Waals surface area contributed by atoms with Crippen LogP contribution < -0.4 is 15.5 Å². The molecule has 0 unspecified atom stereocenters. The normalized spacial score (nSPS) is 11.6. The lowest BCUT2D eigenvalue weighted by atomic mass is 10.1. The summed E-state index contributed by atoms with van der Waals surface area (Å²) in [7, 11) is 0. The van der Waals surface area contributed by atoms with Crippen molar-refractivity contribution < 1.29 is 14.3 Å². The van der Waals surface area contributed by atoms with Crippen LogP contribution in [0.3, 0.4) is 0 Å². The van der Waals surface area contributed by atoms with Crippen molar-refractivity contribution in [2.75, 3.05) is 11.9 Å². The summed E-state index contributed by atoms with van der Waals surface area (Å²) in [5.41, 5.74) is 7.02. The minimum Gasteiger partial charge on any atom is -0.483 e. The highest BCUT2D eigenvalue weighted by Crippen LogP contribution is 2.31. The van der Waals surface area contributed by atoms with Gasteiger partial charge in [0.05, 0.1) is 10.9 Å². The first-order valence-electron chi connectivity index (χ1n) is 11.4. The van der Waals surface area contributed by atoms with Gasteiger partial charge in [-0.3, -0.25) is 9.59 Å². The van der Waals surface area contributed by atoms with Gasteiger partial charge in [0, 0.05) is 39.7 Å². The molecule has 2 N–H and O–H groups in total. The average molecular weight is 535 g/mol. The van der Waals surface area contributed by atoms with Crippen LogP contribution in [0.5, 0.6) is 5.75 Å². The predicted octanol–water partition coefficient (Wildman–Crippen LogP) is 5.79. The fraction of sp³-hybridized carbons (Fsp3) is 0.222. The number of nitrogens with one attached hydrogen (secondary N) is 2. The second-order valence-corrected chi connectivity index (χ2v) is 9.18. The van der Waals surface area contributed by atoms with E-state index in [4.69, 9.17) is 4.74 Å². The Morgan fingerprint density at radius 1 is 1.00 bits per heavy atom. The molecule has 0 atom stereocenters. The lowest BCUT2D eigenvalue weighted by Gasteiger charge is -2.08. The smallest absolute Gasteiger partial charge is 0.277 e. The molecule has 0 saturated heterocycles. The van der Waals surface area contributed by atoms with Crippen molar-refractivity contribution in [2.24, 2.45) is 5.10 Å². The van der Waals surface area contributed by atoms with E-state index in [1.165, 1.54) is 5.52 Å². The number of anilines is 1. The van der Waals surface area contributed by atoms with Crippen molar-refractivity contribution in [3.05, 3.63) is 70.7 Å². The molecule has 4 rings (SSSR count). The number of halogens is 1. The summed E-state index contributed by atoms with van der Waals surface area (Å²) < 4.78 is 8.55. The number of hydrogen-bond donors (Lipinski definition) is 2. The molecule has 0 aliphatic heterocycles. The van der Waals surface area contributed by atoms with Crippen LogP contribution in [-0.4, -0.2) is 28.7 Å². The number of carbonyl (C=O) groups is 2. The van der Waals surface area contributed by atoms with Crippen LogP contribution in [0.15, 0.2) is 70.2 Å². The van der Waals surface area contributed by atoms with E-state index in [0.717, 1.165) is 38.6 Å². The molecule has 0 aliphatic carbocycles. The molecule has 8 heteroatoms. The molecule has 4 aromatic rings. The number of hydrogen-bond acceptors (Lipinski definition) is 4. The molecular formula is C27H27BrN4O3. The summed E-state index contributed by atoms with van der Waals surface area (Å²) in [6, 6.07) is 19.8. The molecule has 3 aromatic carbocycles. The first-order valence-corrected chi connectivity index (χ1v) is 12.2. The number of aromatic nitrogens is 1. The maximum atomic E-state index is 12.6. The third kappa shape index (κ3) is 5.71. The van der Waals surface area contributed by atoms with Gasteiger partial charge in [0.15, 0.2) is 6.61 Å². The van der Waals surface area contributed by atoms with E-state index in [1.807, 2.05) is 49.4 Å². The van der Waals surface area contributed by atoms with Gasteiger partial charge in [0.25, 0.3) is 5.91 Å². The van der Waals surface area contributed by atoms with E-state index < -0.39 is 5.91 Å². The van der Waals surface area contributed by atoms with E-state index in [2.05, 4.69) is 55.4 Å². The SMILES string of the molecule is CCn1c2ccccc2c2cc(NC(=O)C/C(C)=N/NC(=O)COc3ccc(C)cc3Br)ccc21. The summed E-state index contributed by atoms with van der Waals surface area (Å²) in [6.45, 7) is 6.46. The van der Waals surface area contributed by atoms with Gasteiger partial charge in [-0.2, -0.15) is 5.10 Å². The minimum absolute atomic E-state index is 0.0550. The third-order valence-electron chi connectivity index (χ3n) is 5.61. The Kier molecular flexibility index (Phi) is 7.51. The van der Waals surface area contributed by atoms with Crippen LogP contribution in [0.25, 0.3) is 21.8 Å². The predicted molar refractivity (Wildman–Crippen MR) is 144 cm³/mol. The van der Waals surface area contributed by atoms with Crippen LogP contribution in [0, 0.1) is 6.92 Å². The standard InChI is InChI=1S/C27H27BrN4O3/c1-4-32-23-8-6-5-7-20(23)21-15-19(10-11-24(21)32)29-26(33)14-18(3)30-31-27(34)16-35-25-12-9-17(2)13-22(25)28/h5-13,15H,4,14,16H2,1-3H3,(H,29,33)(H,31,34)/b30-18+. The summed E-state index contributed by atoms with van der Waals surface area (Å²) in [4.78, 5) is 24.6. The number of nitrogens with zero attached hydrogens (tertiary/aromatic N) is 2. The molecule has 0 radical (unpaired) electrons. The van der Waals surface area contributed by atoms with Crippen LogP contribution in [0.2, 0.25) is 0 Å². The number of aryl methyl sites for hydroxylation is 2. The molecule has 2 amide bonds. The van der Waals surface area contributed by atoms with Crippen LogP contribution in [0.4, 0.5) is 5.69 Å². The molecule has 0 saturated carbocycles. The number of carbonyl (C=O) groups excluding carboxylic acids is 2. The number of benzene rings is 3. The fourth-order valence-electron chi connectivity index (χ4n) is 4.01. The molecule has 0 bridgehead atoms. The second kappa shape index (κ2) is 10.7. The van der Waals surface area contributed by atoms with Crippen molar-refractivity contribution in [1.29, 1.82) is 0 Å². The number of ether oxygens (including phenoxy) is 1. The van der Waals surface area contributed by atoms with E-state index in [-0.39, 0.29) is 18.9 Å². The molecule has 35 heavy (non-hydrogen) atoms. The molecule has 7 nitrogen and oxygen atoms in total. The number of hydrazone groups is 1. The van der Waals surface area contributed by atoms with Gasteiger partial charge in [-0.1, -0.05) is 24.3 Å². The highest BCUT2D eigenvalue weighted by Gasteiger charge is 2.12. The van der Waals surface area contributed by atoms with E-state index in [0.29, 0.717) is 11.5 Å². The Bertz CT molecular complexity index is 1440. The monoisotopic (exact) mass is 534 g/mol. The van der Waals surface area contributed by atoms with Crippen molar-refractivity contribution >= 4 is 60.9 Å². The van der Waals surface area contributed by atoms with Gasteiger partial charge in [-0.05, 0) is 78.7 Å². The Morgan fingerprint density at radius 2 is 1.77 bits per heavy atom.